The minimum atomic E-state index is -0.823. The van der Waals surface area contributed by atoms with Crippen LogP contribution in [0.4, 0.5) is 0 Å². The summed E-state index contributed by atoms with van der Waals surface area (Å²) in [6.45, 7) is 4.38. The minimum Gasteiger partial charge on any atom is -0.465 e. The van der Waals surface area contributed by atoms with E-state index >= 15 is 0 Å². The Morgan fingerprint density at radius 1 is 1.47 bits per heavy atom. The summed E-state index contributed by atoms with van der Waals surface area (Å²) in [6, 6.07) is 0. The van der Waals surface area contributed by atoms with Crippen molar-refractivity contribution >= 4 is 11.9 Å². The quantitative estimate of drug-likeness (QED) is 0.308. The molecule has 4 nitrogen and oxygen atoms in total. The Bertz CT molecular complexity index is 366. The van der Waals surface area contributed by atoms with E-state index in [-0.39, 0.29) is 19.1 Å². The molecule has 0 bridgehead atoms. The van der Waals surface area contributed by atoms with Crippen LogP contribution in [-0.4, -0.2) is 25.2 Å². The van der Waals surface area contributed by atoms with E-state index in [9.17, 15) is 9.59 Å². The van der Waals surface area contributed by atoms with Crippen LogP contribution in [0.2, 0.25) is 0 Å². The Hall–Kier alpha value is -1.54. The fraction of sp³-hybridized carbons (Fsp3) is 0.667. The molecule has 2 atom stereocenters. The Balaban J connectivity index is 2.53. The molecular formula is C15H22O4. The van der Waals surface area contributed by atoms with Gasteiger partial charge in [0.05, 0.1) is 13.2 Å². The van der Waals surface area contributed by atoms with Crippen molar-refractivity contribution in [2.75, 3.05) is 13.2 Å². The van der Waals surface area contributed by atoms with E-state index in [4.69, 9.17) is 9.47 Å². The van der Waals surface area contributed by atoms with E-state index in [0.717, 1.165) is 12.8 Å². The summed E-state index contributed by atoms with van der Waals surface area (Å²) in [4.78, 5) is 23.2. The van der Waals surface area contributed by atoms with Crippen molar-refractivity contribution in [2.45, 2.75) is 39.5 Å². The molecule has 1 heterocycles. The monoisotopic (exact) mass is 266 g/mol. The highest BCUT2D eigenvalue weighted by Crippen LogP contribution is 2.24. The zero-order chi connectivity index (χ0) is 14.1. The molecule has 19 heavy (non-hydrogen) atoms. The summed E-state index contributed by atoms with van der Waals surface area (Å²) < 4.78 is 9.80. The van der Waals surface area contributed by atoms with Crippen LogP contribution in [0.5, 0.6) is 0 Å². The van der Waals surface area contributed by atoms with Gasteiger partial charge in [-0.05, 0) is 31.9 Å². The van der Waals surface area contributed by atoms with Crippen LogP contribution >= 0.6 is 0 Å². The highest BCUT2D eigenvalue weighted by Gasteiger charge is 2.42. The Morgan fingerprint density at radius 3 is 2.95 bits per heavy atom. The molecule has 1 aliphatic heterocycles. The van der Waals surface area contributed by atoms with Crippen molar-refractivity contribution in [1.82, 2.24) is 0 Å². The first-order valence-electron chi connectivity index (χ1n) is 6.95. The summed E-state index contributed by atoms with van der Waals surface area (Å²) in [5.74, 6) is -2.07. The zero-order valence-electron chi connectivity index (χ0n) is 11.7. The van der Waals surface area contributed by atoms with Crippen molar-refractivity contribution < 1.29 is 19.1 Å². The molecule has 0 unspecified atom stereocenters. The highest BCUT2D eigenvalue weighted by molar-refractivity contribution is 5.96. The maximum absolute atomic E-state index is 11.7. The normalized spacial score (nSPS) is 21.5. The molecule has 0 aliphatic carbocycles. The second-order valence-electron chi connectivity index (χ2n) is 4.56. The van der Waals surface area contributed by atoms with E-state index in [1.165, 1.54) is 12.8 Å². The molecule has 4 heteroatoms. The summed E-state index contributed by atoms with van der Waals surface area (Å²) >= 11 is 0. The van der Waals surface area contributed by atoms with Gasteiger partial charge in [-0.1, -0.05) is 19.8 Å². The van der Waals surface area contributed by atoms with E-state index in [1.54, 1.807) is 13.0 Å². The van der Waals surface area contributed by atoms with Gasteiger partial charge < -0.3 is 9.47 Å². The van der Waals surface area contributed by atoms with Crippen LogP contribution in [0.25, 0.3) is 0 Å². The van der Waals surface area contributed by atoms with Gasteiger partial charge in [-0.3, -0.25) is 9.59 Å². The Morgan fingerprint density at radius 2 is 2.26 bits per heavy atom. The van der Waals surface area contributed by atoms with E-state index in [0.29, 0.717) is 0 Å². The van der Waals surface area contributed by atoms with E-state index in [1.807, 2.05) is 6.08 Å². The number of ether oxygens (including phenoxy) is 2. The van der Waals surface area contributed by atoms with Gasteiger partial charge >= 0.3 is 11.9 Å². The van der Waals surface area contributed by atoms with Gasteiger partial charge in [0.15, 0.2) is 5.92 Å². The van der Waals surface area contributed by atoms with E-state index < -0.39 is 17.9 Å². The largest absolute Gasteiger partial charge is 0.465 e. The van der Waals surface area contributed by atoms with Gasteiger partial charge in [-0.25, -0.2) is 0 Å². The molecular weight excluding hydrogens is 244 g/mol. The number of esters is 2. The van der Waals surface area contributed by atoms with Crippen LogP contribution < -0.4 is 0 Å². The van der Waals surface area contributed by atoms with Crippen LogP contribution in [0.15, 0.2) is 17.9 Å². The third kappa shape index (κ3) is 4.92. The van der Waals surface area contributed by atoms with Crippen LogP contribution in [0.3, 0.4) is 0 Å². The number of rotatable bonds is 7. The first-order valence-corrected chi connectivity index (χ1v) is 6.95. The van der Waals surface area contributed by atoms with Gasteiger partial charge in [0, 0.05) is 5.92 Å². The van der Waals surface area contributed by atoms with E-state index in [2.05, 4.69) is 12.7 Å². The molecule has 0 saturated carbocycles. The predicted octanol–water partition coefficient (Wildman–Crippen LogP) is 2.63. The minimum absolute atomic E-state index is 0.234. The lowest BCUT2D eigenvalue weighted by atomic mass is 9.95. The third-order valence-corrected chi connectivity index (χ3v) is 3.02. The lowest BCUT2D eigenvalue weighted by molar-refractivity contribution is -0.156. The predicted molar refractivity (Wildman–Crippen MR) is 71.4 cm³/mol. The molecule has 0 N–H and O–H groups in total. The maximum Gasteiger partial charge on any atom is 0.321 e. The first-order chi connectivity index (χ1) is 9.20. The standard InChI is InChI=1S/C15H22O4/c1-3-5-6-7-8-9-10-12-11-19-15(17)13(12)14(16)18-4-2/h8,10,12-13H,3-7,11H2,1-2H3/t9?,12-,13-/m0/s1. The van der Waals surface area contributed by atoms with Gasteiger partial charge in [0.1, 0.15) is 0 Å². The maximum atomic E-state index is 11.7. The Labute approximate surface area is 114 Å². The second kappa shape index (κ2) is 8.54. The molecule has 0 radical (unpaired) electrons. The number of carbonyl (C=O) groups excluding carboxylic acids is 2. The molecule has 0 spiro atoms. The highest BCUT2D eigenvalue weighted by atomic mass is 16.6. The lowest BCUT2D eigenvalue weighted by Crippen LogP contribution is -2.26. The summed E-state index contributed by atoms with van der Waals surface area (Å²) in [5.41, 5.74) is 3.04. The molecule has 1 saturated heterocycles. The number of hydrogen-bond donors (Lipinski definition) is 0. The van der Waals surface area contributed by atoms with Gasteiger partial charge in [-0.2, -0.15) is 0 Å². The van der Waals surface area contributed by atoms with Gasteiger partial charge in [-0.15, -0.1) is 5.73 Å². The smallest absolute Gasteiger partial charge is 0.321 e. The number of cyclic esters (lactones) is 1. The molecule has 1 fully saturated rings. The molecule has 0 aromatic heterocycles. The van der Waals surface area contributed by atoms with Crippen LogP contribution in [0.1, 0.15) is 39.5 Å². The molecule has 0 aromatic rings. The molecule has 1 aliphatic rings. The average Bonchev–Trinajstić information content (AvgIpc) is 2.75. The summed E-state index contributed by atoms with van der Waals surface area (Å²) in [6.07, 6.45) is 8.19. The summed E-state index contributed by atoms with van der Waals surface area (Å²) in [7, 11) is 0. The van der Waals surface area contributed by atoms with Gasteiger partial charge in [0.25, 0.3) is 0 Å². The van der Waals surface area contributed by atoms with Crippen molar-refractivity contribution in [2.24, 2.45) is 11.8 Å². The first kappa shape index (κ1) is 15.5. The molecule has 106 valence electrons. The fourth-order valence-electron chi connectivity index (χ4n) is 1.96. The molecule has 1 rings (SSSR count). The second-order valence-corrected chi connectivity index (χ2v) is 4.56. The van der Waals surface area contributed by atoms with Crippen molar-refractivity contribution in [3.8, 4) is 0 Å². The van der Waals surface area contributed by atoms with Crippen LogP contribution in [0, 0.1) is 11.8 Å². The van der Waals surface area contributed by atoms with Crippen LogP contribution in [-0.2, 0) is 19.1 Å². The van der Waals surface area contributed by atoms with Crippen molar-refractivity contribution in [3.05, 3.63) is 17.9 Å². The Kier molecular flexibility index (Phi) is 6.98. The molecule has 0 amide bonds. The molecule has 0 aromatic carbocycles. The third-order valence-electron chi connectivity index (χ3n) is 3.02. The summed E-state index contributed by atoms with van der Waals surface area (Å²) in [5, 5.41) is 0. The number of unbranched alkanes of at least 4 members (excludes halogenated alkanes) is 3. The zero-order valence-corrected chi connectivity index (χ0v) is 11.7. The van der Waals surface area contributed by atoms with Gasteiger partial charge in [0.2, 0.25) is 0 Å². The average molecular weight is 266 g/mol. The van der Waals surface area contributed by atoms with Crippen molar-refractivity contribution in [1.29, 1.82) is 0 Å². The fourth-order valence-corrected chi connectivity index (χ4v) is 1.96. The number of hydrogen-bond acceptors (Lipinski definition) is 4. The SMILES string of the molecule is CCCCCC=C=C[C@H]1COC(=O)[C@@H]1C(=O)OCC. The topological polar surface area (TPSA) is 52.6 Å². The number of carbonyl (C=O) groups is 2. The lowest BCUT2D eigenvalue weighted by Gasteiger charge is -2.08. The van der Waals surface area contributed by atoms with Crippen molar-refractivity contribution in [3.63, 3.8) is 0 Å².